The Morgan fingerprint density at radius 2 is 2.11 bits per heavy atom. The molecule has 1 fully saturated rings. The third-order valence-electron chi connectivity index (χ3n) is 1.14. The summed E-state index contributed by atoms with van der Waals surface area (Å²) in [6.45, 7) is 4.04. The average molecular weight is 148 g/mol. The Kier molecular flexibility index (Phi) is 2.82. The lowest BCUT2D eigenvalue weighted by Gasteiger charge is -2.33. The standard InChI is InChI=1S/C6H12O2S/c1-3-9-4-6-7-5(2)8-6/h5-6H,3-4H2,1-2H3. The van der Waals surface area contributed by atoms with Crippen LogP contribution in [-0.4, -0.2) is 24.1 Å². The van der Waals surface area contributed by atoms with Crippen molar-refractivity contribution >= 4 is 11.8 Å². The van der Waals surface area contributed by atoms with Crippen molar-refractivity contribution in [1.82, 2.24) is 0 Å². The van der Waals surface area contributed by atoms with Gasteiger partial charge in [-0.25, -0.2) is 0 Å². The molecule has 0 spiro atoms. The van der Waals surface area contributed by atoms with Gasteiger partial charge >= 0.3 is 0 Å². The second-order valence-electron chi connectivity index (χ2n) is 1.93. The highest BCUT2D eigenvalue weighted by molar-refractivity contribution is 7.99. The van der Waals surface area contributed by atoms with Gasteiger partial charge in [-0.05, 0) is 12.7 Å². The molecule has 1 rings (SSSR count). The van der Waals surface area contributed by atoms with Crippen molar-refractivity contribution < 1.29 is 9.47 Å². The van der Waals surface area contributed by atoms with E-state index in [0.717, 1.165) is 11.5 Å². The van der Waals surface area contributed by atoms with E-state index in [9.17, 15) is 0 Å². The maximum Gasteiger partial charge on any atom is 0.172 e. The van der Waals surface area contributed by atoms with Crippen molar-refractivity contribution in [3.8, 4) is 0 Å². The van der Waals surface area contributed by atoms with Crippen molar-refractivity contribution in [3.63, 3.8) is 0 Å². The SMILES string of the molecule is CCSCC1OC(C)O1. The van der Waals surface area contributed by atoms with Crippen molar-refractivity contribution in [2.24, 2.45) is 0 Å². The van der Waals surface area contributed by atoms with Gasteiger partial charge in [0.25, 0.3) is 0 Å². The maximum atomic E-state index is 5.20. The predicted octanol–water partition coefficient (Wildman–Crippen LogP) is 1.46. The fourth-order valence-electron chi connectivity index (χ4n) is 0.730. The van der Waals surface area contributed by atoms with Crippen LogP contribution in [0.3, 0.4) is 0 Å². The van der Waals surface area contributed by atoms with Crippen LogP contribution in [0, 0.1) is 0 Å². The van der Waals surface area contributed by atoms with Gasteiger partial charge in [0.1, 0.15) is 0 Å². The zero-order valence-electron chi connectivity index (χ0n) is 5.79. The lowest BCUT2D eigenvalue weighted by atomic mass is 10.6. The van der Waals surface area contributed by atoms with Gasteiger partial charge in [-0.15, -0.1) is 0 Å². The highest BCUT2D eigenvalue weighted by Crippen LogP contribution is 2.19. The van der Waals surface area contributed by atoms with E-state index < -0.39 is 0 Å². The summed E-state index contributed by atoms with van der Waals surface area (Å²) in [4.78, 5) is 0. The van der Waals surface area contributed by atoms with Gasteiger partial charge in [-0.1, -0.05) is 6.92 Å². The number of hydrogen-bond donors (Lipinski definition) is 0. The van der Waals surface area contributed by atoms with Gasteiger partial charge in [-0.3, -0.25) is 0 Å². The van der Waals surface area contributed by atoms with Crippen LogP contribution in [0.1, 0.15) is 13.8 Å². The number of thioether (sulfide) groups is 1. The zero-order chi connectivity index (χ0) is 6.69. The highest BCUT2D eigenvalue weighted by atomic mass is 32.2. The third-order valence-corrected chi connectivity index (χ3v) is 2.06. The maximum absolute atomic E-state index is 5.20. The molecule has 0 amide bonds. The van der Waals surface area contributed by atoms with Crippen molar-refractivity contribution in [3.05, 3.63) is 0 Å². The van der Waals surface area contributed by atoms with Crippen molar-refractivity contribution in [2.45, 2.75) is 26.4 Å². The molecule has 0 N–H and O–H groups in total. The van der Waals surface area contributed by atoms with Crippen LogP contribution >= 0.6 is 11.8 Å². The normalized spacial score (nSPS) is 34.0. The lowest BCUT2D eigenvalue weighted by molar-refractivity contribution is -0.365. The van der Waals surface area contributed by atoms with E-state index in [-0.39, 0.29) is 12.6 Å². The summed E-state index contributed by atoms with van der Waals surface area (Å²) in [5, 5.41) is 0. The second kappa shape index (κ2) is 3.44. The minimum atomic E-state index is 0.0347. The third kappa shape index (κ3) is 2.16. The molecule has 0 unspecified atom stereocenters. The summed E-state index contributed by atoms with van der Waals surface area (Å²) in [5.41, 5.74) is 0. The molecule has 1 saturated heterocycles. The molecule has 0 atom stereocenters. The molecule has 9 heavy (non-hydrogen) atoms. The molecule has 1 aliphatic rings. The molecule has 0 aromatic carbocycles. The van der Waals surface area contributed by atoms with Gasteiger partial charge in [-0.2, -0.15) is 11.8 Å². The fourth-order valence-corrected chi connectivity index (χ4v) is 1.32. The van der Waals surface area contributed by atoms with Crippen LogP contribution in [0.4, 0.5) is 0 Å². The smallest absolute Gasteiger partial charge is 0.172 e. The largest absolute Gasteiger partial charge is 0.323 e. The number of rotatable bonds is 3. The monoisotopic (exact) mass is 148 g/mol. The Morgan fingerprint density at radius 3 is 2.56 bits per heavy atom. The quantitative estimate of drug-likeness (QED) is 0.603. The Balaban J connectivity index is 1.91. The van der Waals surface area contributed by atoms with Gasteiger partial charge in [0, 0.05) is 5.75 Å². The van der Waals surface area contributed by atoms with Crippen LogP contribution in [0.2, 0.25) is 0 Å². The van der Waals surface area contributed by atoms with Crippen LogP contribution in [0.25, 0.3) is 0 Å². The van der Waals surface area contributed by atoms with Crippen LogP contribution < -0.4 is 0 Å². The van der Waals surface area contributed by atoms with E-state index in [1.54, 1.807) is 0 Å². The Hall–Kier alpha value is 0.270. The van der Waals surface area contributed by atoms with E-state index in [2.05, 4.69) is 6.92 Å². The Bertz CT molecular complexity index is 81.1. The molecule has 1 heterocycles. The molecule has 0 aromatic rings. The second-order valence-corrected chi connectivity index (χ2v) is 3.25. The summed E-state index contributed by atoms with van der Waals surface area (Å²) in [7, 11) is 0. The molecule has 0 bridgehead atoms. The average Bonchev–Trinajstić information content (AvgIpc) is 1.78. The lowest BCUT2D eigenvalue weighted by Crippen LogP contribution is -2.40. The van der Waals surface area contributed by atoms with Crippen LogP contribution in [0.5, 0.6) is 0 Å². The van der Waals surface area contributed by atoms with Crippen LogP contribution in [0.15, 0.2) is 0 Å². The predicted molar refractivity (Wildman–Crippen MR) is 38.4 cm³/mol. The minimum Gasteiger partial charge on any atom is -0.323 e. The molecule has 2 nitrogen and oxygen atoms in total. The van der Waals surface area contributed by atoms with Gasteiger partial charge < -0.3 is 9.47 Å². The minimum absolute atomic E-state index is 0.0347. The number of hydrogen-bond acceptors (Lipinski definition) is 3. The molecule has 0 aromatic heterocycles. The molecule has 0 aliphatic carbocycles. The van der Waals surface area contributed by atoms with E-state index in [4.69, 9.17) is 9.47 Å². The van der Waals surface area contributed by atoms with E-state index in [1.165, 1.54) is 0 Å². The number of ether oxygens (including phenoxy) is 2. The van der Waals surface area contributed by atoms with E-state index in [0.29, 0.717) is 0 Å². The van der Waals surface area contributed by atoms with E-state index in [1.807, 2.05) is 18.7 Å². The Morgan fingerprint density at radius 1 is 1.44 bits per heavy atom. The summed E-state index contributed by atoms with van der Waals surface area (Å²) < 4.78 is 10.4. The molecule has 3 heteroatoms. The molecule has 0 saturated carbocycles. The molecule has 1 aliphatic heterocycles. The first-order valence-electron chi connectivity index (χ1n) is 3.21. The molecule has 0 radical (unpaired) electrons. The molecular formula is C6H12O2S. The first kappa shape index (κ1) is 7.38. The highest BCUT2D eigenvalue weighted by Gasteiger charge is 2.25. The van der Waals surface area contributed by atoms with Crippen molar-refractivity contribution in [2.75, 3.05) is 11.5 Å². The Labute approximate surface area is 59.9 Å². The molecule has 54 valence electrons. The van der Waals surface area contributed by atoms with E-state index >= 15 is 0 Å². The summed E-state index contributed by atoms with van der Waals surface area (Å²) >= 11 is 1.84. The van der Waals surface area contributed by atoms with Gasteiger partial charge in [0.15, 0.2) is 12.6 Å². The fraction of sp³-hybridized carbons (Fsp3) is 1.00. The first-order chi connectivity index (χ1) is 4.33. The summed E-state index contributed by atoms with van der Waals surface area (Å²) in [6.07, 6.45) is 0.109. The first-order valence-corrected chi connectivity index (χ1v) is 4.37. The summed E-state index contributed by atoms with van der Waals surface area (Å²) in [6, 6.07) is 0. The molecular weight excluding hydrogens is 136 g/mol. The van der Waals surface area contributed by atoms with Crippen LogP contribution in [-0.2, 0) is 9.47 Å². The van der Waals surface area contributed by atoms with Gasteiger partial charge in [0.05, 0.1) is 0 Å². The van der Waals surface area contributed by atoms with Gasteiger partial charge in [0.2, 0.25) is 0 Å². The topological polar surface area (TPSA) is 18.5 Å². The van der Waals surface area contributed by atoms with Crippen molar-refractivity contribution in [1.29, 1.82) is 0 Å². The summed E-state index contributed by atoms with van der Waals surface area (Å²) in [5.74, 6) is 2.11. The zero-order valence-corrected chi connectivity index (χ0v) is 6.61.